The summed E-state index contributed by atoms with van der Waals surface area (Å²) in [6.45, 7) is 4.00. The van der Waals surface area contributed by atoms with Crippen LogP contribution >= 0.6 is 0 Å². The van der Waals surface area contributed by atoms with Gasteiger partial charge in [0.15, 0.2) is 11.6 Å². The van der Waals surface area contributed by atoms with E-state index in [4.69, 9.17) is 9.47 Å². The van der Waals surface area contributed by atoms with Gasteiger partial charge in [-0.05, 0) is 74.5 Å². The maximum absolute atomic E-state index is 14.5. The molecule has 0 N–H and O–H groups in total. The smallest absolute Gasteiger partial charge is 0.383 e. The van der Waals surface area contributed by atoms with Crippen LogP contribution in [0.2, 0.25) is 0 Å². The number of ether oxygens (including phenoxy) is 2. The quantitative estimate of drug-likeness (QED) is 0.343. The van der Waals surface area contributed by atoms with Crippen LogP contribution in [-0.4, -0.2) is 13.2 Å². The SMILES string of the molecule is CCCc1ccc(C(F)(F)OCCC2CCC(c3ccc(OCC)c(F)c3F)CC2)cc1. The van der Waals surface area contributed by atoms with Gasteiger partial charge in [0.05, 0.1) is 18.8 Å². The van der Waals surface area contributed by atoms with Crippen molar-refractivity contribution in [2.75, 3.05) is 13.2 Å². The first-order chi connectivity index (χ1) is 15.4. The summed E-state index contributed by atoms with van der Waals surface area (Å²) in [5.41, 5.74) is 1.28. The first kappa shape index (κ1) is 24.6. The summed E-state index contributed by atoms with van der Waals surface area (Å²) in [7, 11) is 0. The average Bonchev–Trinajstić information content (AvgIpc) is 2.78. The molecule has 3 rings (SSSR count). The van der Waals surface area contributed by atoms with Crippen molar-refractivity contribution in [1.29, 1.82) is 0 Å². The molecular weight excluding hydrogens is 420 g/mol. The first-order valence-corrected chi connectivity index (χ1v) is 11.6. The fourth-order valence-electron chi connectivity index (χ4n) is 4.48. The van der Waals surface area contributed by atoms with E-state index >= 15 is 0 Å². The standard InChI is InChI=1S/C26H32F4O2/c1-3-5-18-8-12-21(13-9-18)26(29,30)32-17-16-19-6-10-20(11-7-19)22-14-15-23(31-4-2)25(28)24(22)27/h8-9,12-15,19-20H,3-7,10-11,16-17H2,1-2H3. The van der Waals surface area contributed by atoms with Gasteiger partial charge < -0.3 is 9.47 Å². The van der Waals surface area contributed by atoms with E-state index in [2.05, 4.69) is 0 Å². The third-order valence-electron chi connectivity index (χ3n) is 6.30. The lowest BCUT2D eigenvalue weighted by molar-refractivity contribution is -0.250. The molecule has 176 valence electrons. The Labute approximate surface area is 187 Å². The van der Waals surface area contributed by atoms with E-state index in [9.17, 15) is 17.6 Å². The van der Waals surface area contributed by atoms with E-state index in [1.54, 1.807) is 25.1 Å². The van der Waals surface area contributed by atoms with Crippen LogP contribution in [0.3, 0.4) is 0 Å². The van der Waals surface area contributed by atoms with Gasteiger partial charge in [-0.15, -0.1) is 0 Å². The number of aryl methyl sites for hydroxylation is 1. The lowest BCUT2D eigenvalue weighted by atomic mass is 9.77. The molecular formula is C26H32F4O2. The maximum atomic E-state index is 14.5. The molecule has 6 heteroatoms. The molecule has 0 saturated heterocycles. The second-order valence-corrected chi connectivity index (χ2v) is 8.53. The molecule has 1 saturated carbocycles. The second kappa shape index (κ2) is 11.2. The van der Waals surface area contributed by atoms with Crippen LogP contribution in [0.25, 0.3) is 0 Å². The number of hydrogen-bond acceptors (Lipinski definition) is 2. The Balaban J connectivity index is 1.47. The Morgan fingerprint density at radius 1 is 0.906 bits per heavy atom. The van der Waals surface area contributed by atoms with Gasteiger partial charge in [0.2, 0.25) is 5.82 Å². The molecule has 0 aromatic heterocycles. The van der Waals surface area contributed by atoms with Gasteiger partial charge in [-0.3, -0.25) is 0 Å². The topological polar surface area (TPSA) is 18.5 Å². The number of halogens is 4. The Morgan fingerprint density at radius 2 is 1.59 bits per heavy atom. The van der Waals surface area contributed by atoms with Crippen LogP contribution in [0, 0.1) is 17.6 Å². The molecule has 0 aliphatic heterocycles. The molecule has 0 unspecified atom stereocenters. The van der Waals surface area contributed by atoms with Gasteiger partial charge in [-0.2, -0.15) is 13.2 Å². The second-order valence-electron chi connectivity index (χ2n) is 8.53. The van der Waals surface area contributed by atoms with Crippen LogP contribution in [0.4, 0.5) is 17.6 Å². The zero-order valence-corrected chi connectivity index (χ0v) is 18.8. The van der Waals surface area contributed by atoms with Gasteiger partial charge in [-0.25, -0.2) is 4.39 Å². The van der Waals surface area contributed by atoms with Gasteiger partial charge in [0.25, 0.3) is 0 Å². The molecule has 0 amide bonds. The van der Waals surface area contributed by atoms with Crippen molar-refractivity contribution in [1.82, 2.24) is 0 Å². The van der Waals surface area contributed by atoms with E-state index in [-0.39, 0.29) is 36.4 Å². The molecule has 32 heavy (non-hydrogen) atoms. The minimum atomic E-state index is -3.31. The average molecular weight is 453 g/mol. The minimum Gasteiger partial charge on any atom is -0.491 e. The van der Waals surface area contributed by atoms with Crippen LogP contribution < -0.4 is 4.74 Å². The van der Waals surface area contributed by atoms with E-state index < -0.39 is 17.7 Å². The molecule has 1 aliphatic carbocycles. The zero-order chi connectivity index (χ0) is 23.1. The van der Waals surface area contributed by atoms with Crippen molar-refractivity contribution < 1.29 is 27.0 Å². The van der Waals surface area contributed by atoms with Crippen LogP contribution in [0.15, 0.2) is 36.4 Å². The summed E-state index contributed by atoms with van der Waals surface area (Å²) >= 11 is 0. The predicted molar refractivity (Wildman–Crippen MR) is 117 cm³/mol. The molecule has 1 fully saturated rings. The fraction of sp³-hybridized carbons (Fsp3) is 0.538. The summed E-state index contributed by atoms with van der Waals surface area (Å²) in [5, 5.41) is 0. The fourth-order valence-corrected chi connectivity index (χ4v) is 4.48. The third kappa shape index (κ3) is 6.03. The van der Waals surface area contributed by atoms with E-state index in [0.717, 1.165) is 31.2 Å². The van der Waals surface area contributed by atoms with Crippen molar-refractivity contribution in [3.8, 4) is 5.75 Å². The maximum Gasteiger partial charge on any atom is 0.383 e. The molecule has 2 aromatic carbocycles. The van der Waals surface area contributed by atoms with Crippen molar-refractivity contribution in [2.24, 2.45) is 5.92 Å². The lowest BCUT2D eigenvalue weighted by Gasteiger charge is -2.29. The van der Waals surface area contributed by atoms with Gasteiger partial charge in [0, 0.05) is 0 Å². The van der Waals surface area contributed by atoms with Gasteiger partial charge in [0.1, 0.15) is 0 Å². The van der Waals surface area contributed by atoms with Crippen molar-refractivity contribution >= 4 is 0 Å². The highest BCUT2D eigenvalue weighted by Crippen LogP contribution is 2.40. The van der Waals surface area contributed by atoms with Crippen molar-refractivity contribution in [3.63, 3.8) is 0 Å². The predicted octanol–water partition coefficient (Wildman–Crippen LogP) is 7.75. The summed E-state index contributed by atoms with van der Waals surface area (Å²) < 4.78 is 67.4. The summed E-state index contributed by atoms with van der Waals surface area (Å²) in [4.78, 5) is 0. The van der Waals surface area contributed by atoms with Crippen molar-refractivity contribution in [3.05, 3.63) is 64.7 Å². The number of benzene rings is 2. The zero-order valence-electron chi connectivity index (χ0n) is 18.8. The van der Waals surface area contributed by atoms with Crippen LogP contribution in [0.1, 0.15) is 75.0 Å². The Bertz CT molecular complexity index is 859. The van der Waals surface area contributed by atoms with Gasteiger partial charge in [-0.1, -0.05) is 43.7 Å². The molecule has 1 aliphatic rings. The van der Waals surface area contributed by atoms with Crippen LogP contribution in [-0.2, 0) is 17.3 Å². The first-order valence-electron chi connectivity index (χ1n) is 11.6. The summed E-state index contributed by atoms with van der Waals surface area (Å²) in [5.74, 6) is -1.68. The number of rotatable bonds is 10. The largest absolute Gasteiger partial charge is 0.491 e. The monoisotopic (exact) mass is 452 g/mol. The highest BCUT2D eigenvalue weighted by molar-refractivity contribution is 5.33. The van der Waals surface area contributed by atoms with E-state index in [0.29, 0.717) is 24.8 Å². The Kier molecular flexibility index (Phi) is 8.57. The normalized spacial score (nSPS) is 19.2. The molecule has 0 atom stereocenters. The van der Waals surface area contributed by atoms with E-state index in [1.807, 2.05) is 6.92 Å². The molecule has 0 heterocycles. The molecule has 0 radical (unpaired) electrons. The molecule has 0 bridgehead atoms. The molecule has 2 aromatic rings. The Hall–Kier alpha value is -2.08. The Morgan fingerprint density at radius 3 is 2.22 bits per heavy atom. The number of alkyl halides is 2. The van der Waals surface area contributed by atoms with E-state index in [1.165, 1.54) is 18.2 Å². The van der Waals surface area contributed by atoms with Crippen LogP contribution in [0.5, 0.6) is 5.75 Å². The minimum absolute atomic E-state index is 0.0366. The third-order valence-corrected chi connectivity index (χ3v) is 6.30. The highest BCUT2D eigenvalue weighted by Gasteiger charge is 2.33. The van der Waals surface area contributed by atoms with Gasteiger partial charge >= 0.3 is 6.11 Å². The summed E-state index contributed by atoms with van der Waals surface area (Å²) in [6, 6.07) is 9.39. The lowest BCUT2D eigenvalue weighted by Crippen LogP contribution is -2.21. The summed E-state index contributed by atoms with van der Waals surface area (Å²) in [6.07, 6.45) is 1.99. The molecule has 2 nitrogen and oxygen atoms in total. The highest BCUT2D eigenvalue weighted by atomic mass is 19.3. The van der Waals surface area contributed by atoms with Crippen molar-refractivity contribution in [2.45, 2.75) is 70.8 Å². The number of hydrogen-bond donors (Lipinski definition) is 0. The molecule has 0 spiro atoms.